The normalized spacial score (nSPS) is 15.8. The number of methoxy groups -OCH3 is 2. The zero-order valence-electron chi connectivity index (χ0n) is 16.7. The van der Waals surface area contributed by atoms with Crippen LogP contribution in [0, 0.1) is 10.1 Å². The molecule has 0 saturated carbocycles. The van der Waals surface area contributed by atoms with E-state index in [0.29, 0.717) is 24.7 Å². The molecule has 1 atom stereocenters. The zero-order chi connectivity index (χ0) is 21.0. The first-order valence-corrected chi connectivity index (χ1v) is 9.44. The predicted octanol–water partition coefficient (Wildman–Crippen LogP) is 3.99. The van der Waals surface area contributed by atoms with Gasteiger partial charge in [0.2, 0.25) is 0 Å². The van der Waals surface area contributed by atoms with Crippen LogP contribution in [-0.4, -0.2) is 43.1 Å². The van der Waals surface area contributed by atoms with E-state index in [1.165, 1.54) is 12.1 Å². The first-order valence-electron chi connectivity index (χ1n) is 9.44. The van der Waals surface area contributed by atoms with Crippen molar-refractivity contribution in [2.45, 2.75) is 25.8 Å². The zero-order valence-corrected chi connectivity index (χ0v) is 16.7. The third kappa shape index (κ3) is 4.11. The number of nitrogens with zero attached hydrogens (tertiary/aromatic N) is 2. The Bertz CT molecular complexity index is 914. The third-order valence-electron chi connectivity index (χ3n) is 5.02. The summed E-state index contributed by atoms with van der Waals surface area (Å²) in [5.41, 5.74) is 0.939. The lowest BCUT2D eigenvalue weighted by atomic mass is 10.0. The number of likely N-dealkylation sites (tertiary alicyclic amines) is 1. The number of nitro groups is 1. The van der Waals surface area contributed by atoms with Crippen LogP contribution in [0.1, 0.15) is 41.7 Å². The molecule has 0 radical (unpaired) electrons. The van der Waals surface area contributed by atoms with Crippen molar-refractivity contribution in [3.05, 3.63) is 57.6 Å². The SMILES string of the molecule is CCOc1ccc(C(=O)N2CCCC2c2ccc(OC)cc2OC)cc1[N+](=O)[O-]. The van der Waals surface area contributed by atoms with Gasteiger partial charge in [-0.25, -0.2) is 0 Å². The number of hydrogen-bond donors (Lipinski definition) is 0. The predicted molar refractivity (Wildman–Crippen MR) is 107 cm³/mol. The van der Waals surface area contributed by atoms with Crippen LogP contribution in [0.3, 0.4) is 0 Å². The fourth-order valence-corrected chi connectivity index (χ4v) is 3.66. The average Bonchev–Trinajstić information content (AvgIpc) is 3.22. The van der Waals surface area contributed by atoms with Gasteiger partial charge in [0.15, 0.2) is 5.75 Å². The Morgan fingerprint density at radius 2 is 1.97 bits per heavy atom. The molecule has 1 heterocycles. The first-order chi connectivity index (χ1) is 14.0. The fraction of sp³-hybridized carbons (Fsp3) is 0.381. The van der Waals surface area contributed by atoms with Gasteiger partial charge in [-0.1, -0.05) is 0 Å². The van der Waals surface area contributed by atoms with E-state index < -0.39 is 4.92 Å². The summed E-state index contributed by atoms with van der Waals surface area (Å²) in [6.07, 6.45) is 1.62. The van der Waals surface area contributed by atoms with Gasteiger partial charge in [0.25, 0.3) is 5.91 Å². The molecule has 0 N–H and O–H groups in total. The maximum absolute atomic E-state index is 13.2. The largest absolute Gasteiger partial charge is 0.497 e. The highest BCUT2D eigenvalue weighted by Crippen LogP contribution is 2.40. The van der Waals surface area contributed by atoms with E-state index in [1.54, 1.807) is 38.2 Å². The number of carbonyl (C=O) groups is 1. The monoisotopic (exact) mass is 400 g/mol. The molecule has 0 aliphatic carbocycles. The summed E-state index contributed by atoms with van der Waals surface area (Å²) in [5, 5.41) is 11.4. The molecule has 3 rings (SSSR count). The second-order valence-corrected chi connectivity index (χ2v) is 6.64. The summed E-state index contributed by atoms with van der Waals surface area (Å²) in [6, 6.07) is 9.68. The van der Waals surface area contributed by atoms with Crippen LogP contribution in [-0.2, 0) is 0 Å². The van der Waals surface area contributed by atoms with Gasteiger partial charge in [0.05, 0.1) is 31.8 Å². The summed E-state index contributed by atoms with van der Waals surface area (Å²) in [5.74, 6) is 1.22. The number of ether oxygens (including phenoxy) is 3. The van der Waals surface area contributed by atoms with Gasteiger partial charge in [-0.15, -0.1) is 0 Å². The molecule has 2 aromatic carbocycles. The summed E-state index contributed by atoms with van der Waals surface area (Å²) in [7, 11) is 3.16. The summed E-state index contributed by atoms with van der Waals surface area (Å²) in [4.78, 5) is 25.8. The lowest BCUT2D eigenvalue weighted by Crippen LogP contribution is -2.30. The summed E-state index contributed by atoms with van der Waals surface area (Å²) in [6.45, 7) is 2.62. The third-order valence-corrected chi connectivity index (χ3v) is 5.02. The topological polar surface area (TPSA) is 91.1 Å². The van der Waals surface area contributed by atoms with Gasteiger partial charge < -0.3 is 19.1 Å². The molecule has 0 spiro atoms. The van der Waals surface area contributed by atoms with Gasteiger partial charge in [-0.3, -0.25) is 14.9 Å². The van der Waals surface area contributed by atoms with Crippen LogP contribution in [0.2, 0.25) is 0 Å². The van der Waals surface area contributed by atoms with Crippen LogP contribution in [0.25, 0.3) is 0 Å². The van der Waals surface area contributed by atoms with E-state index in [-0.39, 0.29) is 28.9 Å². The Kier molecular flexibility index (Phi) is 6.21. The molecule has 1 saturated heterocycles. The summed E-state index contributed by atoms with van der Waals surface area (Å²) < 4.78 is 16.1. The molecule has 1 fully saturated rings. The number of hydrogen-bond acceptors (Lipinski definition) is 6. The Labute approximate surface area is 169 Å². The number of rotatable bonds is 7. The highest BCUT2D eigenvalue weighted by molar-refractivity contribution is 5.95. The van der Waals surface area contributed by atoms with Crippen LogP contribution >= 0.6 is 0 Å². The number of nitro benzene ring substituents is 1. The number of carbonyl (C=O) groups excluding carboxylic acids is 1. The van der Waals surface area contributed by atoms with Crippen molar-refractivity contribution in [2.24, 2.45) is 0 Å². The minimum Gasteiger partial charge on any atom is -0.497 e. The van der Waals surface area contributed by atoms with E-state index in [9.17, 15) is 14.9 Å². The van der Waals surface area contributed by atoms with Crippen LogP contribution in [0.15, 0.2) is 36.4 Å². The lowest BCUT2D eigenvalue weighted by Gasteiger charge is -2.26. The van der Waals surface area contributed by atoms with Crippen molar-refractivity contribution in [3.8, 4) is 17.2 Å². The van der Waals surface area contributed by atoms with Crippen LogP contribution in [0.4, 0.5) is 5.69 Å². The van der Waals surface area contributed by atoms with E-state index in [1.807, 2.05) is 12.1 Å². The van der Waals surface area contributed by atoms with E-state index in [4.69, 9.17) is 14.2 Å². The molecule has 1 amide bonds. The maximum Gasteiger partial charge on any atom is 0.311 e. The maximum atomic E-state index is 13.2. The lowest BCUT2D eigenvalue weighted by molar-refractivity contribution is -0.385. The Morgan fingerprint density at radius 1 is 1.17 bits per heavy atom. The number of amides is 1. The van der Waals surface area contributed by atoms with Crippen molar-refractivity contribution in [1.82, 2.24) is 4.90 Å². The molecule has 29 heavy (non-hydrogen) atoms. The van der Waals surface area contributed by atoms with Crippen molar-refractivity contribution >= 4 is 11.6 Å². The molecular weight excluding hydrogens is 376 g/mol. The van der Waals surface area contributed by atoms with E-state index in [2.05, 4.69) is 0 Å². The average molecular weight is 400 g/mol. The molecule has 1 aliphatic rings. The molecule has 0 bridgehead atoms. The van der Waals surface area contributed by atoms with Gasteiger partial charge in [-0.05, 0) is 44.0 Å². The summed E-state index contributed by atoms with van der Waals surface area (Å²) >= 11 is 0. The smallest absolute Gasteiger partial charge is 0.311 e. The molecule has 0 aromatic heterocycles. The first kappa shape index (κ1) is 20.4. The standard InChI is InChI=1S/C21H24N2O6/c1-4-29-19-10-7-14(12-18(19)23(25)26)21(24)22-11-5-6-17(22)16-9-8-15(27-2)13-20(16)28-3/h7-10,12-13,17H,4-6,11H2,1-3H3. The minimum atomic E-state index is -0.532. The van der Waals surface area contributed by atoms with E-state index >= 15 is 0 Å². The van der Waals surface area contributed by atoms with Gasteiger partial charge in [0.1, 0.15) is 11.5 Å². The molecule has 154 valence electrons. The molecule has 2 aromatic rings. The Morgan fingerprint density at radius 3 is 2.62 bits per heavy atom. The second-order valence-electron chi connectivity index (χ2n) is 6.64. The van der Waals surface area contributed by atoms with Gasteiger partial charge in [-0.2, -0.15) is 0 Å². The molecular formula is C21H24N2O6. The quantitative estimate of drug-likeness (QED) is 0.516. The second kappa shape index (κ2) is 8.81. The Balaban J connectivity index is 1.93. The Hall–Kier alpha value is -3.29. The van der Waals surface area contributed by atoms with Crippen LogP contribution in [0.5, 0.6) is 17.2 Å². The van der Waals surface area contributed by atoms with Crippen molar-refractivity contribution in [2.75, 3.05) is 27.4 Å². The highest BCUT2D eigenvalue weighted by Gasteiger charge is 2.33. The fourth-order valence-electron chi connectivity index (χ4n) is 3.66. The highest BCUT2D eigenvalue weighted by atomic mass is 16.6. The molecule has 8 nitrogen and oxygen atoms in total. The van der Waals surface area contributed by atoms with E-state index in [0.717, 1.165) is 18.4 Å². The van der Waals surface area contributed by atoms with Crippen LogP contribution < -0.4 is 14.2 Å². The van der Waals surface area contributed by atoms with Gasteiger partial charge >= 0.3 is 5.69 Å². The number of benzene rings is 2. The minimum absolute atomic E-state index is 0.156. The molecule has 8 heteroatoms. The molecule has 1 unspecified atom stereocenters. The van der Waals surface area contributed by atoms with Crippen molar-refractivity contribution in [1.29, 1.82) is 0 Å². The van der Waals surface area contributed by atoms with Gasteiger partial charge in [0, 0.05) is 29.8 Å². The van der Waals surface area contributed by atoms with Crippen molar-refractivity contribution in [3.63, 3.8) is 0 Å². The molecule has 1 aliphatic heterocycles. The van der Waals surface area contributed by atoms with Crippen molar-refractivity contribution < 1.29 is 23.9 Å².